The smallest absolute Gasteiger partial charge is 0.248 e. The van der Waals surface area contributed by atoms with Gasteiger partial charge in [0.1, 0.15) is 5.75 Å². The van der Waals surface area contributed by atoms with E-state index in [1.807, 2.05) is 21.2 Å². The molecule has 0 radical (unpaired) electrons. The molecule has 0 saturated carbocycles. The van der Waals surface area contributed by atoms with Crippen molar-refractivity contribution < 1.29 is 4.55 Å². The van der Waals surface area contributed by atoms with Gasteiger partial charge in [-0.05, 0) is 6.42 Å². The molecule has 0 N–H and O–H groups in total. The topological polar surface area (TPSA) is 23.1 Å². The van der Waals surface area contributed by atoms with Crippen LogP contribution in [-0.2, 0) is 8.35 Å². The van der Waals surface area contributed by atoms with Gasteiger partial charge in [0.15, 0.2) is 0 Å². The van der Waals surface area contributed by atoms with Gasteiger partial charge in [0, 0.05) is 14.3 Å². The monoisotopic (exact) mass is 316 g/mol. The molecular weight excluding hydrogens is 295 g/mol. The van der Waals surface area contributed by atoms with Gasteiger partial charge < -0.3 is 4.55 Å². The van der Waals surface area contributed by atoms with Crippen LogP contribution in [-0.4, -0.2) is 10.3 Å². The molecule has 0 saturated heterocycles. The largest absolute Gasteiger partial charge is 0.609 e. The zero-order valence-electron chi connectivity index (χ0n) is 8.72. The van der Waals surface area contributed by atoms with Gasteiger partial charge >= 0.3 is 0 Å². The molecule has 13 heavy (non-hydrogen) atoms. The third kappa shape index (κ3) is 11.0. The van der Waals surface area contributed by atoms with Gasteiger partial charge in [0.2, 0.25) is 21.2 Å². The first kappa shape index (κ1) is 14.0. The minimum Gasteiger partial charge on any atom is -0.609 e. The van der Waals surface area contributed by atoms with Crippen LogP contribution in [0.2, 0.25) is 0 Å². The highest BCUT2D eigenvalue weighted by Crippen LogP contribution is 2.15. The van der Waals surface area contributed by atoms with Crippen molar-refractivity contribution in [2.24, 2.45) is 5.92 Å². The van der Waals surface area contributed by atoms with Crippen LogP contribution in [0.15, 0.2) is 0 Å². The molecule has 2 unspecified atom stereocenters. The standard InChI is InChI=1S/C10H21IOS/c1-3-4-5-6-7-8-10(2)9-13(11)12/h10H,3-9H2,1-2H3. The molecule has 0 rings (SSSR count). The average Bonchev–Trinajstić information content (AvgIpc) is 2.02. The molecule has 0 heterocycles. The lowest BCUT2D eigenvalue weighted by Gasteiger charge is -2.10. The van der Waals surface area contributed by atoms with E-state index in [4.69, 9.17) is 0 Å². The highest BCUT2D eigenvalue weighted by molar-refractivity contribution is 14.2. The van der Waals surface area contributed by atoms with Gasteiger partial charge in [-0.3, -0.25) is 0 Å². The number of rotatable bonds is 8. The second-order valence-corrected chi connectivity index (χ2v) is 7.63. The fraction of sp³-hybridized carbons (Fsp3) is 1.00. The van der Waals surface area contributed by atoms with Gasteiger partial charge in [-0.25, -0.2) is 0 Å². The summed E-state index contributed by atoms with van der Waals surface area (Å²) in [5.41, 5.74) is 0. The molecule has 0 aliphatic carbocycles. The van der Waals surface area contributed by atoms with E-state index in [1.165, 1.54) is 38.5 Å². The maximum Gasteiger partial charge on any atom is 0.248 e. The first-order valence-electron chi connectivity index (χ1n) is 5.21. The summed E-state index contributed by atoms with van der Waals surface area (Å²) in [6, 6.07) is 0. The van der Waals surface area contributed by atoms with Crippen LogP contribution in [0.1, 0.15) is 52.4 Å². The van der Waals surface area contributed by atoms with E-state index in [9.17, 15) is 4.55 Å². The van der Waals surface area contributed by atoms with E-state index in [0.29, 0.717) is 5.92 Å². The van der Waals surface area contributed by atoms with Crippen LogP contribution >= 0.6 is 21.2 Å². The van der Waals surface area contributed by atoms with Crippen LogP contribution in [0.25, 0.3) is 0 Å². The predicted octanol–water partition coefficient (Wildman–Crippen LogP) is 4.08. The van der Waals surface area contributed by atoms with Crippen LogP contribution in [0, 0.1) is 5.92 Å². The Morgan fingerprint density at radius 3 is 2.38 bits per heavy atom. The maximum absolute atomic E-state index is 10.9. The molecule has 0 aromatic heterocycles. The van der Waals surface area contributed by atoms with Gasteiger partial charge in [0.25, 0.3) is 0 Å². The highest BCUT2D eigenvalue weighted by atomic mass is 127. The molecule has 0 fully saturated rings. The minimum absolute atomic E-state index is 0.634. The Morgan fingerprint density at radius 1 is 1.23 bits per heavy atom. The average molecular weight is 316 g/mol. The van der Waals surface area contributed by atoms with Crippen molar-refractivity contribution in [2.45, 2.75) is 52.4 Å². The van der Waals surface area contributed by atoms with E-state index < -0.39 is 8.35 Å². The summed E-state index contributed by atoms with van der Waals surface area (Å²) >= 11 is 2.00. The molecule has 80 valence electrons. The Labute approximate surface area is 97.8 Å². The number of halogens is 1. The van der Waals surface area contributed by atoms with Gasteiger partial charge in [-0.15, -0.1) is 0 Å². The Balaban J connectivity index is 3.12. The molecule has 0 amide bonds. The summed E-state index contributed by atoms with van der Waals surface area (Å²) in [5, 5.41) is 0. The Hall–Kier alpha value is 1.04. The van der Waals surface area contributed by atoms with Crippen LogP contribution in [0.5, 0.6) is 0 Å². The third-order valence-electron chi connectivity index (χ3n) is 2.22. The fourth-order valence-electron chi connectivity index (χ4n) is 1.40. The summed E-state index contributed by atoms with van der Waals surface area (Å²) in [7, 11) is -0.634. The predicted molar refractivity (Wildman–Crippen MR) is 69.6 cm³/mol. The Bertz CT molecular complexity index is 109. The van der Waals surface area contributed by atoms with Crippen molar-refractivity contribution in [3.05, 3.63) is 0 Å². The van der Waals surface area contributed by atoms with Crippen LogP contribution < -0.4 is 0 Å². The first-order chi connectivity index (χ1) is 6.16. The van der Waals surface area contributed by atoms with Crippen LogP contribution in [0.3, 0.4) is 0 Å². The summed E-state index contributed by atoms with van der Waals surface area (Å²) in [5.74, 6) is 1.51. The lowest BCUT2D eigenvalue weighted by molar-refractivity contribution is 0.513. The normalized spacial score (nSPS) is 15.7. The second kappa shape index (κ2) is 9.59. The molecule has 2 atom stereocenters. The summed E-state index contributed by atoms with van der Waals surface area (Å²) in [6.07, 6.45) is 7.97. The zero-order valence-corrected chi connectivity index (χ0v) is 11.7. The number of unbranched alkanes of at least 4 members (excludes halogenated alkanes) is 4. The molecule has 0 aromatic carbocycles. The first-order valence-corrected chi connectivity index (χ1v) is 9.07. The van der Waals surface area contributed by atoms with E-state index in [-0.39, 0.29) is 0 Å². The Kier molecular flexibility index (Phi) is 10.4. The maximum atomic E-state index is 10.9. The third-order valence-corrected chi connectivity index (χ3v) is 4.13. The van der Waals surface area contributed by atoms with Crippen molar-refractivity contribution in [3.8, 4) is 0 Å². The van der Waals surface area contributed by atoms with Crippen molar-refractivity contribution in [1.29, 1.82) is 0 Å². The lowest BCUT2D eigenvalue weighted by atomic mass is 10.0. The van der Waals surface area contributed by atoms with Crippen molar-refractivity contribution >= 4 is 29.6 Å². The minimum atomic E-state index is -0.634. The van der Waals surface area contributed by atoms with Crippen LogP contribution in [0.4, 0.5) is 0 Å². The summed E-state index contributed by atoms with van der Waals surface area (Å²) in [4.78, 5) is 0. The SMILES string of the molecule is CCCCCCCC(C)C[S+]([O-])I. The molecule has 0 aliphatic heterocycles. The quantitative estimate of drug-likeness (QED) is 0.376. The lowest BCUT2D eigenvalue weighted by Crippen LogP contribution is -2.07. The van der Waals surface area contributed by atoms with E-state index in [0.717, 1.165) is 5.75 Å². The number of hydrogen-bond acceptors (Lipinski definition) is 1. The second-order valence-electron chi connectivity index (χ2n) is 3.76. The van der Waals surface area contributed by atoms with Crippen molar-refractivity contribution in [3.63, 3.8) is 0 Å². The van der Waals surface area contributed by atoms with Gasteiger partial charge in [0.05, 0.1) is 0 Å². The van der Waals surface area contributed by atoms with E-state index >= 15 is 0 Å². The Morgan fingerprint density at radius 2 is 1.85 bits per heavy atom. The molecule has 0 bridgehead atoms. The summed E-state index contributed by atoms with van der Waals surface area (Å²) < 4.78 is 10.9. The molecular formula is C10H21IOS. The van der Waals surface area contributed by atoms with E-state index in [2.05, 4.69) is 13.8 Å². The van der Waals surface area contributed by atoms with Crippen molar-refractivity contribution in [2.75, 3.05) is 5.75 Å². The number of hydrogen-bond donors (Lipinski definition) is 0. The molecule has 3 heteroatoms. The molecule has 0 aromatic rings. The van der Waals surface area contributed by atoms with Gasteiger partial charge in [-0.2, -0.15) is 0 Å². The summed E-state index contributed by atoms with van der Waals surface area (Å²) in [6.45, 7) is 4.44. The molecule has 0 aliphatic rings. The molecule has 0 spiro atoms. The zero-order chi connectivity index (χ0) is 10.1. The van der Waals surface area contributed by atoms with E-state index in [1.54, 1.807) is 0 Å². The molecule has 1 nitrogen and oxygen atoms in total. The highest BCUT2D eigenvalue weighted by Gasteiger charge is 2.09. The van der Waals surface area contributed by atoms with Gasteiger partial charge in [-0.1, -0.05) is 46.0 Å². The van der Waals surface area contributed by atoms with Crippen molar-refractivity contribution in [1.82, 2.24) is 0 Å². The fourth-order valence-corrected chi connectivity index (χ4v) is 3.86.